The molecule has 11 aromatic rings. The number of fused-ring (bicyclic) bond motifs is 5. The Labute approximate surface area is 340 Å². The summed E-state index contributed by atoms with van der Waals surface area (Å²) in [4.78, 5) is 24.4. The minimum Gasteiger partial charge on any atom is -0.454 e. The summed E-state index contributed by atoms with van der Waals surface area (Å²) in [6, 6.07) is 64.6. The Balaban J connectivity index is 0.901. The smallest absolute Gasteiger partial charge is 0.164 e. The van der Waals surface area contributed by atoms with Gasteiger partial charge in [-0.15, -0.1) is 0 Å². The summed E-state index contributed by atoms with van der Waals surface area (Å²) in [5, 5.41) is 2.99. The van der Waals surface area contributed by atoms with Gasteiger partial charge in [0.15, 0.2) is 23.1 Å². The van der Waals surface area contributed by atoms with Crippen LogP contribution in [0.2, 0.25) is 0 Å². The molecule has 0 aliphatic heterocycles. The van der Waals surface area contributed by atoms with Gasteiger partial charge in [-0.05, 0) is 63.7 Å². The van der Waals surface area contributed by atoms with E-state index in [9.17, 15) is 0 Å². The predicted molar refractivity (Wildman–Crippen MR) is 238 cm³/mol. The molecule has 0 aliphatic carbocycles. The SMILES string of the molecule is c1ccc(-c2ccc(-c3nc(-c4ccccc4)nc(-c4cccc(-c5cccc(-c6ccc(-c7cc8c(cn7)oc7c9ccccc9ncc87)cc6)c5)c4)n3)cc2)cc1. The Morgan fingerprint density at radius 1 is 0.305 bits per heavy atom. The monoisotopic (exact) mass is 755 g/mol. The van der Waals surface area contributed by atoms with E-state index in [4.69, 9.17) is 24.4 Å². The molecular weight excluding hydrogens is 723 g/mol. The van der Waals surface area contributed by atoms with Gasteiger partial charge in [0.05, 0.1) is 17.4 Å². The molecule has 0 saturated heterocycles. The molecule has 6 nitrogen and oxygen atoms in total. The first-order valence-corrected chi connectivity index (χ1v) is 19.6. The fourth-order valence-corrected chi connectivity index (χ4v) is 7.76. The lowest BCUT2D eigenvalue weighted by molar-refractivity contribution is 0.670. The van der Waals surface area contributed by atoms with Gasteiger partial charge >= 0.3 is 0 Å². The summed E-state index contributed by atoms with van der Waals surface area (Å²) in [5.74, 6) is 1.88. The molecular formula is C53H33N5O. The Kier molecular flexibility index (Phi) is 8.37. The zero-order chi connectivity index (χ0) is 39.1. The molecule has 4 heterocycles. The normalized spacial score (nSPS) is 11.4. The molecule has 0 spiro atoms. The van der Waals surface area contributed by atoms with Crippen LogP contribution in [0.5, 0.6) is 0 Å². The van der Waals surface area contributed by atoms with Crippen LogP contribution in [-0.4, -0.2) is 24.9 Å². The number of nitrogens with zero attached hydrogens (tertiary/aromatic N) is 5. The minimum absolute atomic E-state index is 0.620. The van der Waals surface area contributed by atoms with Crippen molar-refractivity contribution >= 4 is 32.8 Å². The Hall–Kier alpha value is -8.09. The molecule has 7 aromatic carbocycles. The lowest BCUT2D eigenvalue weighted by atomic mass is 9.97. The van der Waals surface area contributed by atoms with E-state index < -0.39 is 0 Å². The van der Waals surface area contributed by atoms with Gasteiger partial charge in [-0.3, -0.25) is 9.97 Å². The minimum atomic E-state index is 0.620. The van der Waals surface area contributed by atoms with E-state index in [1.54, 1.807) is 0 Å². The maximum absolute atomic E-state index is 6.26. The molecule has 0 aliphatic rings. The van der Waals surface area contributed by atoms with Crippen molar-refractivity contribution < 1.29 is 4.42 Å². The molecule has 0 amide bonds. The van der Waals surface area contributed by atoms with Crippen molar-refractivity contribution in [1.29, 1.82) is 0 Å². The van der Waals surface area contributed by atoms with Crippen LogP contribution in [0.3, 0.4) is 0 Å². The second kappa shape index (κ2) is 14.4. The summed E-state index contributed by atoms with van der Waals surface area (Å²) in [5.41, 5.74) is 13.9. The highest BCUT2D eigenvalue weighted by atomic mass is 16.3. The number of benzene rings is 7. The second-order valence-corrected chi connectivity index (χ2v) is 14.5. The first-order chi connectivity index (χ1) is 29.2. The van der Waals surface area contributed by atoms with Crippen molar-refractivity contribution in [3.8, 4) is 78.8 Å². The van der Waals surface area contributed by atoms with Crippen LogP contribution < -0.4 is 0 Å². The third-order valence-electron chi connectivity index (χ3n) is 10.8. The van der Waals surface area contributed by atoms with Gasteiger partial charge in [0.1, 0.15) is 5.58 Å². The van der Waals surface area contributed by atoms with Crippen molar-refractivity contribution in [1.82, 2.24) is 24.9 Å². The zero-order valence-electron chi connectivity index (χ0n) is 31.7. The van der Waals surface area contributed by atoms with E-state index in [1.165, 1.54) is 5.56 Å². The topological polar surface area (TPSA) is 77.6 Å². The summed E-state index contributed by atoms with van der Waals surface area (Å²) < 4.78 is 6.26. The molecule has 0 unspecified atom stereocenters. The van der Waals surface area contributed by atoms with Crippen LogP contribution >= 0.6 is 0 Å². The van der Waals surface area contributed by atoms with Crippen LogP contribution in [0, 0.1) is 0 Å². The second-order valence-electron chi connectivity index (χ2n) is 14.5. The third kappa shape index (κ3) is 6.49. The van der Waals surface area contributed by atoms with Crippen LogP contribution in [0.4, 0.5) is 0 Å². The van der Waals surface area contributed by atoms with E-state index in [-0.39, 0.29) is 0 Å². The number of rotatable bonds is 7. The average molecular weight is 756 g/mol. The number of pyridine rings is 2. The van der Waals surface area contributed by atoms with Gasteiger partial charge in [0, 0.05) is 44.6 Å². The van der Waals surface area contributed by atoms with Crippen molar-refractivity contribution in [3.63, 3.8) is 0 Å². The standard InChI is InChI=1S/C53H33N5O/c1-3-11-34(12-4-1)35-23-27-39(28-24-35)52-56-51(38-13-5-2-6-14-38)57-53(58-52)43-18-10-17-42(30-43)41-16-9-15-40(29-41)36-21-25-37(26-22-36)48-31-45-46-32-54-47-20-8-7-19-44(47)50(46)59-49(45)33-55-48/h1-33H. The summed E-state index contributed by atoms with van der Waals surface area (Å²) in [6.07, 6.45) is 3.71. The Morgan fingerprint density at radius 2 is 0.780 bits per heavy atom. The molecule has 276 valence electrons. The third-order valence-corrected chi connectivity index (χ3v) is 10.8. The van der Waals surface area contributed by atoms with Crippen molar-refractivity contribution in [2.45, 2.75) is 0 Å². The first-order valence-electron chi connectivity index (χ1n) is 19.6. The number of furan rings is 1. The quantitative estimate of drug-likeness (QED) is 0.161. The van der Waals surface area contributed by atoms with Gasteiger partial charge < -0.3 is 4.42 Å². The summed E-state index contributed by atoms with van der Waals surface area (Å²) in [6.45, 7) is 0. The lowest BCUT2D eigenvalue weighted by Gasteiger charge is -2.11. The number of hydrogen-bond donors (Lipinski definition) is 0. The van der Waals surface area contributed by atoms with Crippen LogP contribution in [0.25, 0.3) is 112 Å². The van der Waals surface area contributed by atoms with Gasteiger partial charge in [0.25, 0.3) is 0 Å². The van der Waals surface area contributed by atoms with E-state index in [1.807, 2.05) is 73.1 Å². The van der Waals surface area contributed by atoms with Gasteiger partial charge in [-0.25, -0.2) is 15.0 Å². The van der Waals surface area contributed by atoms with Crippen LogP contribution in [0.1, 0.15) is 0 Å². The van der Waals surface area contributed by atoms with Crippen LogP contribution in [0.15, 0.2) is 205 Å². The zero-order valence-corrected chi connectivity index (χ0v) is 31.7. The molecule has 6 heteroatoms. The molecule has 11 rings (SSSR count). The van der Waals surface area contributed by atoms with Gasteiger partial charge in [0.2, 0.25) is 0 Å². The number of para-hydroxylation sites is 1. The largest absolute Gasteiger partial charge is 0.454 e. The fourth-order valence-electron chi connectivity index (χ4n) is 7.76. The van der Waals surface area contributed by atoms with Crippen LogP contribution in [-0.2, 0) is 0 Å². The van der Waals surface area contributed by atoms with Crippen molar-refractivity contribution in [3.05, 3.63) is 200 Å². The molecule has 4 aromatic heterocycles. The van der Waals surface area contributed by atoms with Crippen molar-refractivity contribution in [2.75, 3.05) is 0 Å². The maximum Gasteiger partial charge on any atom is 0.164 e. The summed E-state index contributed by atoms with van der Waals surface area (Å²) >= 11 is 0. The first kappa shape index (κ1) is 34.2. The average Bonchev–Trinajstić information content (AvgIpc) is 3.71. The van der Waals surface area contributed by atoms with E-state index in [0.717, 1.165) is 88.6 Å². The van der Waals surface area contributed by atoms with Crippen molar-refractivity contribution in [2.24, 2.45) is 0 Å². The highest BCUT2D eigenvalue weighted by Crippen LogP contribution is 2.36. The Morgan fingerprint density at radius 3 is 1.47 bits per heavy atom. The highest BCUT2D eigenvalue weighted by molar-refractivity contribution is 6.14. The Bertz CT molecular complexity index is 3310. The molecule has 0 fully saturated rings. The highest BCUT2D eigenvalue weighted by Gasteiger charge is 2.15. The maximum atomic E-state index is 6.26. The van der Waals surface area contributed by atoms with Gasteiger partial charge in [-0.1, -0.05) is 158 Å². The number of hydrogen-bond acceptors (Lipinski definition) is 6. The molecule has 0 atom stereocenters. The molecule has 0 N–H and O–H groups in total. The van der Waals surface area contributed by atoms with E-state index in [0.29, 0.717) is 17.5 Å². The molecule has 0 bridgehead atoms. The van der Waals surface area contributed by atoms with E-state index in [2.05, 4.69) is 132 Å². The molecule has 0 saturated carbocycles. The summed E-state index contributed by atoms with van der Waals surface area (Å²) in [7, 11) is 0. The molecule has 59 heavy (non-hydrogen) atoms. The molecule has 0 radical (unpaired) electrons. The van der Waals surface area contributed by atoms with E-state index >= 15 is 0 Å². The fraction of sp³-hybridized carbons (Fsp3) is 0. The predicted octanol–water partition coefficient (Wildman–Crippen LogP) is 13.4. The van der Waals surface area contributed by atoms with Gasteiger partial charge in [-0.2, -0.15) is 0 Å². The lowest BCUT2D eigenvalue weighted by Crippen LogP contribution is -2.00. The number of aromatic nitrogens is 5.